The van der Waals surface area contributed by atoms with Crippen LogP contribution in [-0.2, 0) is 17.8 Å². The Morgan fingerprint density at radius 1 is 0.949 bits per heavy atom. The van der Waals surface area contributed by atoms with Gasteiger partial charge in [0.15, 0.2) is 5.82 Å². The summed E-state index contributed by atoms with van der Waals surface area (Å²) >= 11 is 0. The normalized spacial score (nSPS) is 10.6. The van der Waals surface area contributed by atoms with E-state index in [1.807, 2.05) is 54.6 Å². The summed E-state index contributed by atoms with van der Waals surface area (Å²) in [6.07, 6.45) is 0.181. The van der Waals surface area contributed by atoms with E-state index in [4.69, 9.17) is 10.2 Å². The zero-order valence-corrected chi connectivity index (χ0v) is 21.4. The fourth-order valence-corrected chi connectivity index (χ4v) is 4.32. The highest BCUT2D eigenvalue weighted by molar-refractivity contribution is 5.93. The van der Waals surface area contributed by atoms with E-state index in [0.29, 0.717) is 29.3 Å². The first-order valence-corrected chi connectivity index (χ1v) is 12.6. The highest BCUT2D eigenvalue weighted by Crippen LogP contribution is 2.32. The van der Waals surface area contributed by atoms with E-state index in [2.05, 4.69) is 56.0 Å². The number of hydrogen-bond donors (Lipinski definition) is 2. The molecule has 0 bridgehead atoms. The predicted molar refractivity (Wildman–Crippen MR) is 150 cm³/mol. The Hall–Kier alpha value is -5.36. The Morgan fingerprint density at radius 2 is 1.69 bits per heavy atom. The third kappa shape index (κ3) is 6.14. The number of benzene rings is 3. The Kier molecular flexibility index (Phi) is 7.65. The molecule has 9 heteroatoms. The van der Waals surface area contributed by atoms with Crippen molar-refractivity contribution in [3.05, 3.63) is 108 Å². The van der Waals surface area contributed by atoms with Gasteiger partial charge in [-0.2, -0.15) is 5.26 Å². The molecule has 2 aromatic heterocycles. The van der Waals surface area contributed by atoms with Gasteiger partial charge in [0.25, 0.3) is 0 Å². The maximum absolute atomic E-state index is 13.0. The van der Waals surface area contributed by atoms with E-state index < -0.39 is 0 Å². The lowest BCUT2D eigenvalue weighted by molar-refractivity contribution is -0.115. The standard InChI is InChI=1S/C30H26N8O/c1-2-38(20-23-8-4-3-5-9-23)28-18-24(32-29(39)16-21-12-14-22(19-31)15-13-21)17-27(33-28)25-10-6-7-11-26(25)30-34-36-37-35-30/h3-15,17-18H,2,16,20H2,1H3,(H,32,33,39)(H,34,35,36,37). The molecule has 5 aromatic rings. The Bertz CT molecular complexity index is 1590. The minimum absolute atomic E-state index is 0.165. The van der Waals surface area contributed by atoms with Gasteiger partial charge in [-0.15, -0.1) is 5.10 Å². The molecule has 192 valence electrons. The number of amides is 1. The summed E-state index contributed by atoms with van der Waals surface area (Å²) in [7, 11) is 0. The van der Waals surface area contributed by atoms with Crippen LogP contribution in [0.15, 0.2) is 91.0 Å². The van der Waals surface area contributed by atoms with Gasteiger partial charge in [-0.05, 0) is 46.7 Å². The summed E-state index contributed by atoms with van der Waals surface area (Å²) in [5.74, 6) is 1.10. The maximum Gasteiger partial charge on any atom is 0.228 e. The molecule has 0 spiro atoms. The predicted octanol–water partition coefficient (Wildman–Crippen LogP) is 5.01. The van der Waals surface area contributed by atoms with Crippen molar-refractivity contribution in [2.45, 2.75) is 19.9 Å². The van der Waals surface area contributed by atoms with Gasteiger partial charge in [0.2, 0.25) is 5.91 Å². The summed E-state index contributed by atoms with van der Waals surface area (Å²) in [4.78, 5) is 20.2. The Balaban J connectivity index is 1.51. The Morgan fingerprint density at radius 3 is 2.38 bits per heavy atom. The SMILES string of the molecule is CCN(Cc1ccccc1)c1cc(NC(=O)Cc2ccc(C#N)cc2)cc(-c2ccccc2-c2nnn[nH]2)n1. The van der Waals surface area contributed by atoms with Gasteiger partial charge in [0.1, 0.15) is 5.82 Å². The molecule has 0 aliphatic rings. The highest BCUT2D eigenvalue weighted by Gasteiger charge is 2.17. The number of H-pyrrole nitrogens is 1. The highest BCUT2D eigenvalue weighted by atomic mass is 16.1. The number of pyridine rings is 1. The van der Waals surface area contributed by atoms with Crippen LogP contribution in [0.1, 0.15) is 23.6 Å². The van der Waals surface area contributed by atoms with Crippen LogP contribution in [0.5, 0.6) is 0 Å². The fraction of sp³-hybridized carbons (Fsp3) is 0.133. The minimum Gasteiger partial charge on any atom is -0.352 e. The smallest absolute Gasteiger partial charge is 0.228 e. The second kappa shape index (κ2) is 11.8. The number of rotatable bonds is 9. The number of nitrogens with one attached hydrogen (secondary N) is 2. The van der Waals surface area contributed by atoms with Crippen LogP contribution in [0.4, 0.5) is 11.5 Å². The molecule has 3 aromatic carbocycles. The molecule has 9 nitrogen and oxygen atoms in total. The lowest BCUT2D eigenvalue weighted by atomic mass is 10.0. The summed E-state index contributed by atoms with van der Waals surface area (Å²) in [5, 5.41) is 26.4. The van der Waals surface area contributed by atoms with Crippen LogP contribution in [0.3, 0.4) is 0 Å². The van der Waals surface area contributed by atoms with Crippen molar-refractivity contribution in [1.82, 2.24) is 25.6 Å². The van der Waals surface area contributed by atoms with Gasteiger partial charge >= 0.3 is 0 Å². The van der Waals surface area contributed by atoms with Crippen molar-refractivity contribution in [3.8, 4) is 28.7 Å². The van der Waals surface area contributed by atoms with Crippen molar-refractivity contribution in [1.29, 1.82) is 5.26 Å². The molecule has 2 heterocycles. The van der Waals surface area contributed by atoms with Crippen molar-refractivity contribution in [2.24, 2.45) is 0 Å². The quantitative estimate of drug-likeness (QED) is 0.283. The first kappa shape index (κ1) is 25.3. The Labute approximate surface area is 226 Å². The van der Waals surface area contributed by atoms with E-state index in [1.54, 1.807) is 24.3 Å². The first-order valence-electron chi connectivity index (χ1n) is 12.6. The van der Waals surface area contributed by atoms with E-state index in [9.17, 15) is 4.79 Å². The molecular formula is C30H26N8O. The molecule has 1 amide bonds. The molecule has 0 unspecified atom stereocenters. The molecule has 0 saturated heterocycles. The molecule has 39 heavy (non-hydrogen) atoms. The van der Waals surface area contributed by atoms with Crippen molar-refractivity contribution >= 4 is 17.4 Å². The van der Waals surface area contributed by atoms with Crippen LogP contribution >= 0.6 is 0 Å². The topological polar surface area (TPSA) is 123 Å². The summed E-state index contributed by atoms with van der Waals surface area (Å²) in [6.45, 7) is 3.46. The molecule has 0 atom stereocenters. The van der Waals surface area contributed by atoms with Gasteiger partial charge < -0.3 is 10.2 Å². The van der Waals surface area contributed by atoms with Crippen LogP contribution in [0.2, 0.25) is 0 Å². The molecule has 0 radical (unpaired) electrons. The number of carbonyl (C=O) groups is 1. The number of nitrogens with zero attached hydrogens (tertiary/aromatic N) is 6. The van der Waals surface area contributed by atoms with Crippen molar-refractivity contribution in [2.75, 3.05) is 16.8 Å². The van der Waals surface area contributed by atoms with Gasteiger partial charge in [-0.1, -0.05) is 66.7 Å². The van der Waals surface area contributed by atoms with Crippen molar-refractivity contribution in [3.63, 3.8) is 0 Å². The molecule has 5 rings (SSSR count). The number of hydrogen-bond acceptors (Lipinski definition) is 7. The molecule has 0 fully saturated rings. The zero-order chi connectivity index (χ0) is 27.0. The third-order valence-electron chi connectivity index (χ3n) is 6.27. The molecule has 0 aliphatic heterocycles. The second-order valence-corrected chi connectivity index (χ2v) is 8.93. The molecule has 0 saturated carbocycles. The second-order valence-electron chi connectivity index (χ2n) is 8.93. The van der Waals surface area contributed by atoms with E-state index in [0.717, 1.165) is 34.6 Å². The van der Waals surface area contributed by atoms with E-state index >= 15 is 0 Å². The third-order valence-corrected chi connectivity index (χ3v) is 6.27. The lowest BCUT2D eigenvalue weighted by Gasteiger charge is -2.24. The number of aromatic nitrogens is 5. The maximum atomic E-state index is 13.0. The zero-order valence-electron chi connectivity index (χ0n) is 21.4. The average Bonchev–Trinajstić information content (AvgIpc) is 3.52. The summed E-state index contributed by atoms with van der Waals surface area (Å²) in [6, 6.07) is 30.8. The van der Waals surface area contributed by atoms with Crippen LogP contribution in [0, 0.1) is 11.3 Å². The first-order chi connectivity index (χ1) is 19.1. The average molecular weight is 515 g/mol. The fourth-order valence-electron chi connectivity index (χ4n) is 4.32. The monoisotopic (exact) mass is 514 g/mol. The largest absolute Gasteiger partial charge is 0.352 e. The van der Waals surface area contributed by atoms with Gasteiger partial charge in [-0.25, -0.2) is 10.1 Å². The van der Waals surface area contributed by atoms with Gasteiger partial charge in [0, 0.05) is 36.0 Å². The summed E-state index contributed by atoms with van der Waals surface area (Å²) < 4.78 is 0. The van der Waals surface area contributed by atoms with E-state index in [-0.39, 0.29) is 12.3 Å². The number of aromatic amines is 1. The van der Waals surface area contributed by atoms with Gasteiger partial charge in [-0.3, -0.25) is 4.79 Å². The van der Waals surface area contributed by atoms with Crippen LogP contribution in [-0.4, -0.2) is 38.1 Å². The molecule has 2 N–H and O–H groups in total. The summed E-state index contributed by atoms with van der Waals surface area (Å²) in [5.41, 5.74) is 5.48. The number of carbonyl (C=O) groups excluding carboxylic acids is 1. The van der Waals surface area contributed by atoms with Crippen molar-refractivity contribution < 1.29 is 4.79 Å². The van der Waals surface area contributed by atoms with E-state index in [1.165, 1.54) is 0 Å². The molecular weight excluding hydrogens is 488 g/mol. The van der Waals surface area contributed by atoms with Crippen LogP contribution < -0.4 is 10.2 Å². The number of nitriles is 1. The molecule has 0 aliphatic carbocycles. The number of tetrazole rings is 1. The van der Waals surface area contributed by atoms with Crippen LogP contribution in [0.25, 0.3) is 22.6 Å². The lowest BCUT2D eigenvalue weighted by Crippen LogP contribution is -2.24. The minimum atomic E-state index is -0.165. The van der Waals surface area contributed by atoms with Gasteiger partial charge in [0.05, 0.1) is 23.7 Å². The number of anilines is 2.